The first-order chi connectivity index (χ1) is 9.08. The molecule has 106 valence electrons. The summed E-state index contributed by atoms with van der Waals surface area (Å²) >= 11 is 1.70. The van der Waals surface area contributed by atoms with E-state index in [4.69, 9.17) is 5.11 Å². The largest absolute Gasteiger partial charge is 0.481 e. The highest BCUT2D eigenvalue weighted by Gasteiger charge is 2.32. The Bertz CT molecular complexity index is 431. The molecule has 5 heteroatoms. The van der Waals surface area contributed by atoms with Crippen LogP contribution in [0.5, 0.6) is 0 Å². The van der Waals surface area contributed by atoms with Crippen molar-refractivity contribution in [2.75, 3.05) is 6.54 Å². The molecular weight excluding hydrogens is 260 g/mol. The Morgan fingerprint density at radius 1 is 1.58 bits per heavy atom. The van der Waals surface area contributed by atoms with Gasteiger partial charge in [-0.1, -0.05) is 20.3 Å². The Morgan fingerprint density at radius 2 is 2.37 bits per heavy atom. The molecule has 1 saturated carbocycles. The van der Waals surface area contributed by atoms with Gasteiger partial charge in [-0.25, -0.2) is 4.98 Å². The van der Waals surface area contributed by atoms with Crippen LogP contribution < -0.4 is 5.32 Å². The van der Waals surface area contributed by atoms with Crippen molar-refractivity contribution < 1.29 is 9.90 Å². The van der Waals surface area contributed by atoms with Gasteiger partial charge in [0.15, 0.2) is 0 Å². The van der Waals surface area contributed by atoms with E-state index in [2.05, 4.69) is 29.5 Å². The van der Waals surface area contributed by atoms with Crippen LogP contribution in [0.2, 0.25) is 0 Å². The number of carbonyl (C=O) groups is 1. The SMILES string of the molecule is CC(C)c1nc(CNCC2CCCC2C(=O)O)cs1. The number of carboxylic acids is 1. The maximum absolute atomic E-state index is 11.1. The predicted octanol–water partition coefficient (Wildman–Crippen LogP) is 2.86. The Balaban J connectivity index is 1.78. The summed E-state index contributed by atoms with van der Waals surface area (Å²) < 4.78 is 0. The van der Waals surface area contributed by atoms with E-state index in [0.29, 0.717) is 5.92 Å². The van der Waals surface area contributed by atoms with E-state index in [0.717, 1.165) is 38.0 Å². The summed E-state index contributed by atoms with van der Waals surface area (Å²) in [6, 6.07) is 0. The summed E-state index contributed by atoms with van der Waals surface area (Å²) in [5, 5.41) is 15.7. The molecule has 2 N–H and O–H groups in total. The highest BCUT2D eigenvalue weighted by atomic mass is 32.1. The minimum atomic E-state index is -0.639. The Morgan fingerprint density at radius 3 is 3.00 bits per heavy atom. The highest BCUT2D eigenvalue weighted by Crippen LogP contribution is 2.31. The summed E-state index contributed by atoms with van der Waals surface area (Å²) in [4.78, 5) is 15.7. The average molecular weight is 282 g/mol. The third-order valence-corrected chi connectivity index (χ3v) is 4.95. The fourth-order valence-corrected chi connectivity index (χ4v) is 3.50. The van der Waals surface area contributed by atoms with Crippen molar-refractivity contribution in [1.29, 1.82) is 0 Å². The zero-order valence-corrected chi connectivity index (χ0v) is 12.4. The zero-order valence-electron chi connectivity index (χ0n) is 11.6. The van der Waals surface area contributed by atoms with Crippen molar-refractivity contribution in [3.8, 4) is 0 Å². The fourth-order valence-electron chi connectivity index (χ4n) is 2.66. The van der Waals surface area contributed by atoms with Crippen LogP contribution in [0, 0.1) is 11.8 Å². The van der Waals surface area contributed by atoms with Crippen molar-refractivity contribution in [2.24, 2.45) is 11.8 Å². The maximum atomic E-state index is 11.1. The van der Waals surface area contributed by atoms with Crippen LogP contribution in [0.4, 0.5) is 0 Å². The molecule has 0 radical (unpaired) electrons. The minimum absolute atomic E-state index is 0.158. The van der Waals surface area contributed by atoms with Crippen molar-refractivity contribution in [2.45, 2.75) is 45.6 Å². The van der Waals surface area contributed by atoms with E-state index >= 15 is 0 Å². The monoisotopic (exact) mass is 282 g/mol. The van der Waals surface area contributed by atoms with Crippen LogP contribution in [0.15, 0.2) is 5.38 Å². The number of carboxylic acid groups (broad SMARTS) is 1. The second-order valence-corrected chi connectivity index (χ2v) is 6.49. The number of nitrogens with zero attached hydrogens (tertiary/aromatic N) is 1. The van der Waals surface area contributed by atoms with Crippen LogP contribution in [-0.2, 0) is 11.3 Å². The first-order valence-corrected chi connectivity index (χ1v) is 7.83. The minimum Gasteiger partial charge on any atom is -0.481 e. The third-order valence-electron chi connectivity index (χ3n) is 3.75. The van der Waals surface area contributed by atoms with Gasteiger partial charge < -0.3 is 10.4 Å². The lowest BCUT2D eigenvalue weighted by atomic mass is 9.96. The number of rotatable bonds is 6. The van der Waals surface area contributed by atoms with E-state index in [-0.39, 0.29) is 11.8 Å². The van der Waals surface area contributed by atoms with Gasteiger partial charge in [-0.2, -0.15) is 0 Å². The third kappa shape index (κ3) is 3.76. The van der Waals surface area contributed by atoms with Crippen molar-refractivity contribution in [3.63, 3.8) is 0 Å². The second-order valence-electron chi connectivity index (χ2n) is 5.60. The van der Waals surface area contributed by atoms with Crippen molar-refractivity contribution in [3.05, 3.63) is 16.1 Å². The molecule has 2 atom stereocenters. The second kappa shape index (κ2) is 6.48. The van der Waals surface area contributed by atoms with Crippen LogP contribution in [0.25, 0.3) is 0 Å². The van der Waals surface area contributed by atoms with E-state index < -0.39 is 5.97 Å². The van der Waals surface area contributed by atoms with Gasteiger partial charge in [-0.3, -0.25) is 4.79 Å². The number of thiazole rings is 1. The van der Waals surface area contributed by atoms with Gasteiger partial charge in [-0.05, 0) is 25.3 Å². The zero-order chi connectivity index (χ0) is 13.8. The fraction of sp³-hybridized carbons (Fsp3) is 0.714. The molecule has 4 nitrogen and oxygen atoms in total. The highest BCUT2D eigenvalue weighted by molar-refractivity contribution is 7.09. The van der Waals surface area contributed by atoms with Crippen molar-refractivity contribution in [1.82, 2.24) is 10.3 Å². The summed E-state index contributed by atoms with van der Waals surface area (Å²) in [6.07, 6.45) is 2.89. The molecule has 0 amide bonds. The molecule has 1 aliphatic carbocycles. The number of aliphatic carboxylic acids is 1. The molecular formula is C14H22N2O2S. The number of hydrogen-bond donors (Lipinski definition) is 2. The van der Waals surface area contributed by atoms with Gasteiger partial charge in [0.2, 0.25) is 0 Å². The first-order valence-electron chi connectivity index (χ1n) is 6.95. The Hall–Kier alpha value is -0.940. The molecule has 0 aromatic carbocycles. The first kappa shape index (κ1) is 14.5. The summed E-state index contributed by atoms with van der Waals surface area (Å²) in [7, 11) is 0. The average Bonchev–Trinajstić information content (AvgIpc) is 2.97. The maximum Gasteiger partial charge on any atom is 0.306 e. The van der Waals surface area contributed by atoms with E-state index in [1.54, 1.807) is 11.3 Å². The topological polar surface area (TPSA) is 62.2 Å². The van der Waals surface area contributed by atoms with Gasteiger partial charge >= 0.3 is 5.97 Å². The number of nitrogens with one attached hydrogen (secondary N) is 1. The summed E-state index contributed by atoms with van der Waals surface area (Å²) in [6.45, 7) is 5.82. The van der Waals surface area contributed by atoms with Gasteiger partial charge in [0, 0.05) is 17.8 Å². The number of aromatic nitrogens is 1. The molecule has 0 bridgehead atoms. The summed E-state index contributed by atoms with van der Waals surface area (Å²) in [5.41, 5.74) is 1.07. The molecule has 1 aromatic heterocycles. The molecule has 1 aliphatic rings. The number of hydrogen-bond acceptors (Lipinski definition) is 4. The molecule has 0 aliphatic heterocycles. The molecule has 2 rings (SSSR count). The molecule has 1 fully saturated rings. The van der Waals surface area contributed by atoms with Crippen LogP contribution in [0.1, 0.15) is 49.7 Å². The van der Waals surface area contributed by atoms with Crippen LogP contribution >= 0.6 is 11.3 Å². The molecule has 1 aromatic rings. The Kier molecular flexibility index (Phi) is 4.93. The quantitative estimate of drug-likeness (QED) is 0.842. The van der Waals surface area contributed by atoms with Crippen molar-refractivity contribution >= 4 is 17.3 Å². The van der Waals surface area contributed by atoms with Gasteiger partial charge in [-0.15, -0.1) is 11.3 Å². The van der Waals surface area contributed by atoms with Crippen LogP contribution in [-0.4, -0.2) is 22.6 Å². The lowest BCUT2D eigenvalue weighted by Gasteiger charge is -2.15. The smallest absolute Gasteiger partial charge is 0.306 e. The predicted molar refractivity (Wildman–Crippen MR) is 76.4 cm³/mol. The van der Waals surface area contributed by atoms with Gasteiger partial charge in [0.25, 0.3) is 0 Å². The lowest BCUT2D eigenvalue weighted by molar-refractivity contribution is -0.142. The molecule has 1 heterocycles. The molecule has 19 heavy (non-hydrogen) atoms. The van der Waals surface area contributed by atoms with E-state index in [9.17, 15) is 4.79 Å². The van der Waals surface area contributed by atoms with Gasteiger partial charge in [0.05, 0.1) is 16.6 Å². The van der Waals surface area contributed by atoms with Gasteiger partial charge in [0.1, 0.15) is 0 Å². The molecule has 0 saturated heterocycles. The summed E-state index contributed by atoms with van der Waals surface area (Å²) in [5.74, 6) is -0.0418. The van der Waals surface area contributed by atoms with E-state index in [1.165, 1.54) is 5.01 Å². The standard InChI is InChI=1S/C14H22N2O2S/c1-9(2)13-16-11(8-19-13)7-15-6-10-4-3-5-12(10)14(17)18/h8-10,12,15H,3-7H2,1-2H3,(H,17,18). The molecule has 0 spiro atoms. The normalized spacial score (nSPS) is 23.1. The lowest BCUT2D eigenvalue weighted by Crippen LogP contribution is -2.28. The van der Waals surface area contributed by atoms with Crippen LogP contribution in [0.3, 0.4) is 0 Å². The Labute approximate surface area is 118 Å². The molecule has 2 unspecified atom stereocenters. The van der Waals surface area contributed by atoms with E-state index in [1.807, 2.05) is 0 Å².